The molecular weight excluding hydrogens is 491 g/mol. The normalized spacial score (nSPS) is 20.9. The zero-order chi connectivity index (χ0) is 20.0. The van der Waals surface area contributed by atoms with Crippen LogP contribution < -0.4 is 5.32 Å². The molecule has 1 aliphatic heterocycles. The molecule has 2 unspecified atom stereocenters. The topological polar surface area (TPSA) is 40.1 Å². The standard InChI is InChI=1S/C18H26F4N4O.HI/c1-13-10-26(11-16(27-13)14-4-6-15(19)7-5-14)17(23-2)24-8-9-25(3)12-18(20,21)22;/h4-7,13,16H,8-12H2,1-3H3,(H,23,24);1H. The Morgan fingerprint density at radius 1 is 1.29 bits per heavy atom. The van der Waals surface area contributed by atoms with E-state index in [0.29, 0.717) is 25.6 Å². The first-order chi connectivity index (χ1) is 12.7. The molecule has 0 amide bonds. The van der Waals surface area contributed by atoms with Crippen molar-refractivity contribution in [1.82, 2.24) is 15.1 Å². The molecule has 1 saturated heterocycles. The summed E-state index contributed by atoms with van der Waals surface area (Å²) in [7, 11) is 3.06. The third-order valence-corrected chi connectivity index (χ3v) is 4.24. The summed E-state index contributed by atoms with van der Waals surface area (Å²) in [4.78, 5) is 7.45. The van der Waals surface area contributed by atoms with Crippen molar-refractivity contribution in [2.24, 2.45) is 4.99 Å². The molecule has 5 nitrogen and oxygen atoms in total. The summed E-state index contributed by atoms with van der Waals surface area (Å²) in [5.41, 5.74) is 0.869. The van der Waals surface area contributed by atoms with E-state index < -0.39 is 12.7 Å². The van der Waals surface area contributed by atoms with Crippen molar-refractivity contribution in [2.45, 2.75) is 25.3 Å². The molecule has 2 rings (SSSR count). The average Bonchev–Trinajstić information content (AvgIpc) is 2.57. The summed E-state index contributed by atoms with van der Waals surface area (Å²) in [6.45, 7) is 2.69. The minimum Gasteiger partial charge on any atom is -0.367 e. The van der Waals surface area contributed by atoms with E-state index in [2.05, 4.69) is 10.3 Å². The lowest BCUT2D eigenvalue weighted by Gasteiger charge is -2.38. The van der Waals surface area contributed by atoms with Gasteiger partial charge in [-0.1, -0.05) is 12.1 Å². The van der Waals surface area contributed by atoms with Crippen LogP contribution in [0.25, 0.3) is 0 Å². The second kappa shape index (κ2) is 11.1. The van der Waals surface area contributed by atoms with Gasteiger partial charge < -0.3 is 15.0 Å². The van der Waals surface area contributed by atoms with Gasteiger partial charge in [-0.2, -0.15) is 13.2 Å². The number of guanidine groups is 1. The van der Waals surface area contributed by atoms with Crippen molar-refractivity contribution in [2.75, 3.05) is 46.8 Å². The highest BCUT2D eigenvalue weighted by Gasteiger charge is 2.30. The molecule has 2 atom stereocenters. The molecule has 0 radical (unpaired) electrons. The predicted octanol–water partition coefficient (Wildman–Crippen LogP) is 3.28. The van der Waals surface area contributed by atoms with Gasteiger partial charge in [0, 0.05) is 26.7 Å². The monoisotopic (exact) mass is 518 g/mol. The molecule has 10 heteroatoms. The number of nitrogens with one attached hydrogen (secondary N) is 1. The van der Waals surface area contributed by atoms with Crippen molar-refractivity contribution in [3.63, 3.8) is 0 Å². The van der Waals surface area contributed by atoms with Gasteiger partial charge in [-0.05, 0) is 31.7 Å². The number of hydrogen-bond donors (Lipinski definition) is 1. The number of alkyl halides is 3. The molecule has 28 heavy (non-hydrogen) atoms. The first kappa shape index (κ1) is 24.9. The number of hydrogen-bond acceptors (Lipinski definition) is 3. The number of nitrogens with zero attached hydrogens (tertiary/aromatic N) is 3. The summed E-state index contributed by atoms with van der Waals surface area (Å²) in [6.07, 6.45) is -4.51. The second-order valence-corrected chi connectivity index (χ2v) is 6.72. The Hall–Kier alpha value is -1.14. The fraction of sp³-hybridized carbons (Fsp3) is 0.611. The summed E-state index contributed by atoms with van der Waals surface area (Å²) in [5, 5.41) is 3.11. The zero-order valence-corrected chi connectivity index (χ0v) is 18.5. The average molecular weight is 518 g/mol. The Bertz CT molecular complexity index is 627. The van der Waals surface area contributed by atoms with Crippen LogP contribution in [0.2, 0.25) is 0 Å². The molecule has 160 valence electrons. The van der Waals surface area contributed by atoms with Crippen LogP contribution >= 0.6 is 24.0 Å². The lowest BCUT2D eigenvalue weighted by molar-refractivity contribution is -0.142. The van der Waals surface area contributed by atoms with Crippen LogP contribution in [-0.2, 0) is 4.74 Å². The molecule has 1 aromatic rings. The van der Waals surface area contributed by atoms with Crippen LogP contribution in [0.1, 0.15) is 18.6 Å². The van der Waals surface area contributed by atoms with Crippen molar-refractivity contribution in [3.05, 3.63) is 35.6 Å². The molecule has 1 fully saturated rings. The number of morpholine rings is 1. The lowest BCUT2D eigenvalue weighted by Crippen LogP contribution is -2.51. The molecule has 1 heterocycles. The third-order valence-electron chi connectivity index (χ3n) is 4.24. The van der Waals surface area contributed by atoms with Crippen molar-refractivity contribution in [3.8, 4) is 0 Å². The lowest BCUT2D eigenvalue weighted by atomic mass is 10.1. The van der Waals surface area contributed by atoms with Crippen molar-refractivity contribution < 1.29 is 22.3 Å². The molecular formula is C18H27F4IN4O. The van der Waals surface area contributed by atoms with E-state index in [1.807, 2.05) is 11.8 Å². The minimum atomic E-state index is -4.21. The van der Waals surface area contributed by atoms with E-state index in [4.69, 9.17) is 4.74 Å². The maximum atomic E-state index is 13.1. The van der Waals surface area contributed by atoms with Gasteiger partial charge in [0.2, 0.25) is 0 Å². The van der Waals surface area contributed by atoms with Crippen LogP contribution in [0.3, 0.4) is 0 Å². The van der Waals surface area contributed by atoms with E-state index in [1.165, 1.54) is 24.1 Å². The zero-order valence-electron chi connectivity index (χ0n) is 16.2. The maximum absolute atomic E-state index is 13.1. The van der Waals surface area contributed by atoms with Crippen LogP contribution in [-0.4, -0.2) is 74.9 Å². The highest BCUT2D eigenvalue weighted by Crippen LogP contribution is 2.25. The minimum absolute atomic E-state index is 0. The number of likely N-dealkylation sites (N-methyl/N-ethyl adjacent to an activating group) is 1. The fourth-order valence-electron chi connectivity index (χ4n) is 3.06. The molecule has 1 aromatic carbocycles. The van der Waals surface area contributed by atoms with E-state index >= 15 is 0 Å². The smallest absolute Gasteiger partial charge is 0.367 e. The van der Waals surface area contributed by atoms with E-state index in [9.17, 15) is 17.6 Å². The largest absolute Gasteiger partial charge is 0.401 e. The van der Waals surface area contributed by atoms with Crippen LogP contribution in [0, 0.1) is 5.82 Å². The summed E-state index contributed by atoms with van der Waals surface area (Å²) >= 11 is 0. The van der Waals surface area contributed by atoms with E-state index in [1.54, 1.807) is 19.2 Å². The molecule has 0 bridgehead atoms. The van der Waals surface area contributed by atoms with Crippen molar-refractivity contribution in [1.29, 1.82) is 0 Å². The number of ether oxygens (including phenoxy) is 1. The van der Waals surface area contributed by atoms with Gasteiger partial charge in [0.1, 0.15) is 11.9 Å². The Labute approximate surface area is 180 Å². The van der Waals surface area contributed by atoms with Gasteiger partial charge in [0.15, 0.2) is 5.96 Å². The third kappa shape index (κ3) is 8.08. The Balaban J connectivity index is 0.00000392. The summed E-state index contributed by atoms with van der Waals surface area (Å²) in [5.74, 6) is 0.303. The first-order valence-corrected chi connectivity index (χ1v) is 8.79. The fourth-order valence-corrected chi connectivity index (χ4v) is 3.06. The molecule has 1 N–H and O–H groups in total. The van der Waals surface area contributed by atoms with E-state index in [0.717, 1.165) is 5.56 Å². The van der Waals surface area contributed by atoms with Gasteiger partial charge in [0.05, 0.1) is 19.2 Å². The molecule has 1 aliphatic rings. The van der Waals surface area contributed by atoms with Gasteiger partial charge in [0.25, 0.3) is 0 Å². The number of halogens is 5. The van der Waals surface area contributed by atoms with Crippen LogP contribution in [0.4, 0.5) is 17.6 Å². The molecule has 0 aliphatic carbocycles. The predicted molar refractivity (Wildman–Crippen MR) is 112 cm³/mol. The number of rotatable bonds is 5. The Kier molecular flexibility index (Phi) is 9.91. The van der Waals surface area contributed by atoms with Gasteiger partial charge >= 0.3 is 6.18 Å². The van der Waals surface area contributed by atoms with Gasteiger partial charge in [-0.3, -0.25) is 9.89 Å². The maximum Gasteiger partial charge on any atom is 0.401 e. The number of benzene rings is 1. The van der Waals surface area contributed by atoms with Crippen LogP contribution in [0.15, 0.2) is 29.3 Å². The Morgan fingerprint density at radius 2 is 1.93 bits per heavy atom. The SMILES string of the molecule is CN=C(NCCN(C)CC(F)(F)F)N1CC(C)OC(c2ccc(F)cc2)C1.I. The Morgan fingerprint density at radius 3 is 2.50 bits per heavy atom. The van der Waals surface area contributed by atoms with Crippen LogP contribution in [0.5, 0.6) is 0 Å². The summed E-state index contributed by atoms with van der Waals surface area (Å²) < 4.78 is 56.3. The number of aliphatic imine (C=N–C) groups is 1. The van der Waals surface area contributed by atoms with E-state index in [-0.39, 0.29) is 48.5 Å². The highest BCUT2D eigenvalue weighted by molar-refractivity contribution is 14.0. The van der Waals surface area contributed by atoms with Gasteiger partial charge in [-0.15, -0.1) is 24.0 Å². The van der Waals surface area contributed by atoms with Crippen molar-refractivity contribution >= 4 is 29.9 Å². The first-order valence-electron chi connectivity index (χ1n) is 8.79. The highest BCUT2D eigenvalue weighted by atomic mass is 127. The molecule has 0 spiro atoms. The second-order valence-electron chi connectivity index (χ2n) is 6.72. The van der Waals surface area contributed by atoms with Gasteiger partial charge in [-0.25, -0.2) is 4.39 Å². The molecule has 0 aromatic heterocycles. The quantitative estimate of drug-likeness (QED) is 0.281. The molecule has 0 saturated carbocycles. The summed E-state index contributed by atoms with van der Waals surface area (Å²) in [6, 6.07) is 6.18.